The van der Waals surface area contributed by atoms with E-state index in [1.807, 2.05) is 13.8 Å². The summed E-state index contributed by atoms with van der Waals surface area (Å²) in [4.78, 5) is 14.2. The predicted molar refractivity (Wildman–Crippen MR) is 86.5 cm³/mol. The molecule has 1 heterocycles. The quantitative estimate of drug-likeness (QED) is 0.799. The van der Waals surface area contributed by atoms with Gasteiger partial charge in [0.25, 0.3) is 0 Å². The summed E-state index contributed by atoms with van der Waals surface area (Å²) < 4.78 is 38.2. The molecule has 0 saturated carbocycles. The average molecular weight is 343 g/mol. The van der Waals surface area contributed by atoms with E-state index in [1.165, 1.54) is 12.1 Å². The van der Waals surface area contributed by atoms with E-state index in [0.29, 0.717) is 19.6 Å². The molecule has 1 aromatic rings. The van der Waals surface area contributed by atoms with Crippen molar-refractivity contribution in [2.75, 3.05) is 32.7 Å². The van der Waals surface area contributed by atoms with Crippen LogP contribution in [0.5, 0.6) is 0 Å². The number of amides is 1. The largest absolute Gasteiger partial charge is 0.416 e. The fraction of sp³-hybridized carbons (Fsp3) is 0.588. The number of hydrogen-bond donors (Lipinski definition) is 2. The molecule has 1 amide bonds. The van der Waals surface area contributed by atoms with Gasteiger partial charge in [0.15, 0.2) is 0 Å². The van der Waals surface area contributed by atoms with E-state index in [2.05, 4.69) is 15.5 Å². The molecule has 1 aliphatic rings. The molecule has 134 valence electrons. The highest BCUT2D eigenvalue weighted by molar-refractivity contribution is 5.80. The van der Waals surface area contributed by atoms with Crippen LogP contribution >= 0.6 is 0 Å². The molecule has 1 saturated heterocycles. The third-order valence-electron chi connectivity index (χ3n) is 4.50. The van der Waals surface area contributed by atoms with E-state index < -0.39 is 11.7 Å². The van der Waals surface area contributed by atoms with Crippen molar-refractivity contribution < 1.29 is 18.0 Å². The van der Waals surface area contributed by atoms with Gasteiger partial charge >= 0.3 is 6.18 Å². The highest BCUT2D eigenvalue weighted by atomic mass is 19.4. The predicted octanol–water partition coefficient (Wildman–Crippen LogP) is 2.42. The lowest BCUT2D eigenvalue weighted by molar-refractivity contribution is -0.137. The number of likely N-dealkylation sites (N-methyl/N-ethyl adjacent to an activating group) is 1. The molecule has 1 unspecified atom stereocenters. The minimum atomic E-state index is -4.34. The first-order valence-electron chi connectivity index (χ1n) is 8.26. The van der Waals surface area contributed by atoms with Crippen molar-refractivity contribution in [1.29, 1.82) is 0 Å². The lowest BCUT2D eigenvalue weighted by Crippen LogP contribution is -2.52. The van der Waals surface area contributed by atoms with Gasteiger partial charge in [-0.15, -0.1) is 0 Å². The number of nitrogens with one attached hydrogen (secondary N) is 2. The number of benzene rings is 1. The first-order chi connectivity index (χ1) is 11.4. The second kappa shape index (κ2) is 7.98. The summed E-state index contributed by atoms with van der Waals surface area (Å²) >= 11 is 0. The van der Waals surface area contributed by atoms with Gasteiger partial charge in [-0.3, -0.25) is 9.69 Å². The smallest absolute Gasteiger partial charge is 0.354 e. The zero-order valence-corrected chi connectivity index (χ0v) is 14.0. The van der Waals surface area contributed by atoms with Gasteiger partial charge in [-0.1, -0.05) is 26.0 Å². The van der Waals surface area contributed by atoms with E-state index in [0.717, 1.165) is 30.8 Å². The first kappa shape index (κ1) is 18.7. The van der Waals surface area contributed by atoms with Crippen LogP contribution in [-0.2, 0) is 11.0 Å². The van der Waals surface area contributed by atoms with Gasteiger partial charge in [-0.25, -0.2) is 0 Å². The van der Waals surface area contributed by atoms with Crippen LogP contribution in [0.2, 0.25) is 0 Å². The Balaban J connectivity index is 2.11. The monoisotopic (exact) mass is 343 g/mol. The zero-order valence-electron chi connectivity index (χ0n) is 14.0. The van der Waals surface area contributed by atoms with Crippen molar-refractivity contribution in [2.24, 2.45) is 5.92 Å². The van der Waals surface area contributed by atoms with Gasteiger partial charge < -0.3 is 10.6 Å². The van der Waals surface area contributed by atoms with Gasteiger partial charge in [0.05, 0.1) is 17.5 Å². The summed E-state index contributed by atoms with van der Waals surface area (Å²) in [5.41, 5.74) is 0.118. The number of rotatable bonds is 7. The highest BCUT2D eigenvalue weighted by Gasteiger charge is 2.31. The normalized spacial score (nSPS) is 16.8. The molecule has 4 nitrogen and oxygen atoms in total. The maximum Gasteiger partial charge on any atom is 0.416 e. The summed E-state index contributed by atoms with van der Waals surface area (Å²) in [6, 6.07) is 5.07. The van der Waals surface area contributed by atoms with Crippen LogP contribution in [0.15, 0.2) is 24.3 Å². The standard InChI is InChI=1S/C17H24F3N3O/c1-3-23(4-2)15(11-22-16(24)13-9-21-10-13)12-5-7-14(8-6-12)17(18,19)20/h5-8,13,15,21H,3-4,9-11H2,1-2H3,(H,22,24). The number of carbonyl (C=O) groups excluding carboxylic acids is 1. The Hall–Kier alpha value is -1.60. The molecular weight excluding hydrogens is 319 g/mol. The van der Waals surface area contributed by atoms with E-state index in [-0.39, 0.29) is 17.9 Å². The molecule has 0 bridgehead atoms. The van der Waals surface area contributed by atoms with Crippen molar-refractivity contribution in [3.05, 3.63) is 35.4 Å². The number of hydrogen-bond acceptors (Lipinski definition) is 3. The van der Waals surface area contributed by atoms with E-state index >= 15 is 0 Å². The first-order valence-corrected chi connectivity index (χ1v) is 8.26. The van der Waals surface area contributed by atoms with E-state index in [1.54, 1.807) is 0 Å². The highest BCUT2D eigenvalue weighted by Crippen LogP contribution is 2.30. The van der Waals surface area contributed by atoms with Crippen LogP contribution in [0.25, 0.3) is 0 Å². The van der Waals surface area contributed by atoms with Crippen molar-refractivity contribution in [3.63, 3.8) is 0 Å². The van der Waals surface area contributed by atoms with Crippen molar-refractivity contribution >= 4 is 5.91 Å². The van der Waals surface area contributed by atoms with Crippen LogP contribution in [-0.4, -0.2) is 43.5 Å². The summed E-state index contributed by atoms with van der Waals surface area (Å²) in [5, 5.41) is 5.98. The lowest BCUT2D eigenvalue weighted by Gasteiger charge is -2.32. The second-order valence-corrected chi connectivity index (χ2v) is 5.96. The van der Waals surface area contributed by atoms with Gasteiger partial charge in [0.2, 0.25) is 5.91 Å². The Morgan fingerprint density at radius 2 is 1.83 bits per heavy atom. The minimum Gasteiger partial charge on any atom is -0.354 e. The Labute approximate surface area is 140 Å². The van der Waals surface area contributed by atoms with Gasteiger partial charge in [-0.2, -0.15) is 13.2 Å². The van der Waals surface area contributed by atoms with Crippen molar-refractivity contribution in [3.8, 4) is 0 Å². The number of nitrogens with zero attached hydrogens (tertiary/aromatic N) is 1. The Morgan fingerprint density at radius 3 is 2.25 bits per heavy atom. The van der Waals surface area contributed by atoms with E-state index in [4.69, 9.17) is 0 Å². The van der Waals surface area contributed by atoms with Gasteiger partial charge in [0, 0.05) is 19.6 Å². The Bertz CT molecular complexity index is 537. The molecule has 2 N–H and O–H groups in total. The maximum absolute atomic E-state index is 12.7. The molecule has 0 radical (unpaired) electrons. The Kier molecular flexibility index (Phi) is 6.23. The molecular formula is C17H24F3N3O. The van der Waals surface area contributed by atoms with Crippen LogP contribution < -0.4 is 10.6 Å². The molecule has 0 aliphatic carbocycles. The molecule has 1 aromatic carbocycles. The van der Waals surface area contributed by atoms with Gasteiger partial charge in [-0.05, 0) is 30.8 Å². The molecule has 0 spiro atoms. The average Bonchev–Trinajstić information content (AvgIpc) is 2.49. The van der Waals surface area contributed by atoms with Crippen LogP contribution in [0.3, 0.4) is 0 Å². The van der Waals surface area contributed by atoms with Crippen molar-refractivity contribution in [1.82, 2.24) is 15.5 Å². The summed E-state index contributed by atoms with van der Waals surface area (Å²) in [7, 11) is 0. The molecule has 1 aliphatic heterocycles. The Morgan fingerprint density at radius 1 is 1.25 bits per heavy atom. The fourth-order valence-electron chi connectivity index (χ4n) is 2.83. The van der Waals surface area contributed by atoms with Crippen LogP contribution in [0.1, 0.15) is 31.0 Å². The second-order valence-electron chi connectivity index (χ2n) is 5.96. The van der Waals surface area contributed by atoms with Crippen molar-refractivity contribution in [2.45, 2.75) is 26.1 Å². The molecule has 1 atom stereocenters. The van der Waals surface area contributed by atoms with E-state index in [9.17, 15) is 18.0 Å². The summed E-state index contributed by atoms with van der Waals surface area (Å²) in [5.74, 6) is -0.00669. The molecule has 0 aromatic heterocycles. The molecule has 2 rings (SSSR count). The molecule has 24 heavy (non-hydrogen) atoms. The third-order valence-corrected chi connectivity index (χ3v) is 4.50. The molecule has 7 heteroatoms. The third kappa shape index (κ3) is 4.48. The topological polar surface area (TPSA) is 44.4 Å². The van der Waals surface area contributed by atoms with Crippen LogP contribution in [0.4, 0.5) is 13.2 Å². The fourth-order valence-corrected chi connectivity index (χ4v) is 2.83. The number of halogens is 3. The van der Waals surface area contributed by atoms with Crippen LogP contribution in [0, 0.1) is 5.92 Å². The maximum atomic E-state index is 12.7. The summed E-state index contributed by atoms with van der Waals surface area (Å²) in [6.45, 7) is 7.26. The number of carbonyl (C=O) groups is 1. The summed E-state index contributed by atoms with van der Waals surface area (Å²) in [6.07, 6.45) is -4.34. The lowest BCUT2D eigenvalue weighted by atomic mass is 10.0. The number of alkyl halides is 3. The van der Waals surface area contributed by atoms with Gasteiger partial charge in [0.1, 0.15) is 0 Å². The minimum absolute atomic E-state index is 0.00202. The molecule has 1 fully saturated rings. The zero-order chi connectivity index (χ0) is 17.7. The SMILES string of the molecule is CCN(CC)C(CNC(=O)C1CNC1)c1ccc(C(F)(F)F)cc1.